The molecule has 1 fully saturated rings. The number of hydrazone groups is 1. The number of piperazine rings is 1. The molecular weight excluding hydrogens is 603 g/mol. The molecule has 0 spiro atoms. The van der Waals surface area contributed by atoms with Crippen molar-refractivity contribution in [1.82, 2.24) is 9.91 Å². The predicted octanol–water partition coefficient (Wildman–Crippen LogP) is 3.53. The van der Waals surface area contributed by atoms with Crippen molar-refractivity contribution in [1.29, 1.82) is 0 Å². The van der Waals surface area contributed by atoms with Crippen LogP contribution in [-0.4, -0.2) is 71.7 Å². The van der Waals surface area contributed by atoms with E-state index in [1.165, 1.54) is 31.0 Å². The van der Waals surface area contributed by atoms with Crippen molar-refractivity contribution in [2.24, 2.45) is 15.4 Å². The average molecular weight is 642 g/mol. The maximum atomic E-state index is 12.8. The van der Waals surface area contributed by atoms with Crippen LogP contribution in [0.1, 0.15) is 49.3 Å². The van der Waals surface area contributed by atoms with E-state index in [4.69, 9.17) is 10.3 Å². The van der Waals surface area contributed by atoms with Gasteiger partial charge in [-0.05, 0) is 66.1 Å². The van der Waals surface area contributed by atoms with Crippen LogP contribution in [0.2, 0.25) is 0 Å². The average Bonchev–Trinajstić information content (AvgIpc) is 2.98. The minimum atomic E-state index is -4.17. The van der Waals surface area contributed by atoms with Gasteiger partial charge in [0.15, 0.2) is 0 Å². The highest BCUT2D eigenvalue weighted by molar-refractivity contribution is 7.89. The second-order valence-corrected chi connectivity index (χ2v) is 13.8. The van der Waals surface area contributed by atoms with Crippen molar-refractivity contribution in [3.63, 3.8) is 0 Å². The molecule has 12 nitrogen and oxygen atoms in total. The maximum absolute atomic E-state index is 12.8. The van der Waals surface area contributed by atoms with Crippen LogP contribution in [0.25, 0.3) is 0 Å². The van der Waals surface area contributed by atoms with Gasteiger partial charge < -0.3 is 10.6 Å². The number of nitrogens with one attached hydrogen (secondary N) is 2. The molecule has 6 N–H and O–H groups in total. The van der Waals surface area contributed by atoms with E-state index in [1.54, 1.807) is 49.5 Å². The third-order valence-corrected chi connectivity index (χ3v) is 9.34. The van der Waals surface area contributed by atoms with Crippen LogP contribution >= 0.6 is 0 Å². The number of amides is 2. The fourth-order valence-corrected chi connectivity index (χ4v) is 6.32. The van der Waals surface area contributed by atoms with Gasteiger partial charge in [-0.2, -0.15) is 5.10 Å². The van der Waals surface area contributed by atoms with Crippen LogP contribution in [0.15, 0.2) is 81.6 Å². The van der Waals surface area contributed by atoms with E-state index >= 15 is 0 Å². The van der Waals surface area contributed by atoms with Gasteiger partial charge in [0.2, 0.25) is 20.0 Å². The van der Waals surface area contributed by atoms with Crippen LogP contribution in [0.5, 0.6) is 0 Å². The lowest BCUT2D eigenvalue weighted by atomic mass is 9.93. The molecule has 0 aliphatic carbocycles. The molecule has 3 aromatic carbocycles. The van der Waals surface area contributed by atoms with Gasteiger partial charge in [-0.3, -0.25) is 9.91 Å². The summed E-state index contributed by atoms with van der Waals surface area (Å²) in [5, 5.41) is 22.8. The van der Waals surface area contributed by atoms with Gasteiger partial charge in [0.1, 0.15) is 0 Å². The number of nitrogens with two attached hydrogens (primary N) is 2. The summed E-state index contributed by atoms with van der Waals surface area (Å²) in [5.41, 5.74) is 2.62. The predicted molar refractivity (Wildman–Crippen MR) is 173 cm³/mol. The summed E-state index contributed by atoms with van der Waals surface area (Å²) in [6, 6.07) is 16.9. The lowest BCUT2D eigenvalue weighted by Gasteiger charge is -2.32. The van der Waals surface area contributed by atoms with Crippen LogP contribution in [-0.2, 0) is 20.0 Å². The minimum Gasteiger partial charge on any atom is -0.308 e. The van der Waals surface area contributed by atoms with E-state index in [0.717, 1.165) is 38.3 Å². The van der Waals surface area contributed by atoms with Gasteiger partial charge in [0, 0.05) is 43.5 Å². The van der Waals surface area contributed by atoms with Crippen molar-refractivity contribution in [2.75, 3.05) is 43.4 Å². The number of rotatable bonds is 11. The van der Waals surface area contributed by atoms with Crippen molar-refractivity contribution in [3.8, 4) is 0 Å². The number of hydrogen-bond donors (Lipinski definition) is 4. The summed E-state index contributed by atoms with van der Waals surface area (Å²) in [7, 11) is -8.04. The van der Waals surface area contributed by atoms with Crippen LogP contribution < -0.4 is 20.9 Å². The Balaban J connectivity index is 1.41. The topological polar surface area (TPSA) is 180 Å². The summed E-state index contributed by atoms with van der Waals surface area (Å²) < 4.78 is 48.2. The highest BCUT2D eigenvalue weighted by Crippen LogP contribution is 2.31. The lowest BCUT2D eigenvalue weighted by molar-refractivity contribution is 0.135. The monoisotopic (exact) mass is 641 g/mol. The molecule has 0 aromatic heterocycles. The molecule has 236 valence electrons. The standard InChI is InChI=1S/C30H39N7O5S2/c1-3-4-14-36-15-17-37(18-16-36)33-21-23-6-5-7-25(19-23)34-30(38)35-26-10-13-28(29(20-26)44(32,41)42)22(2)24-8-11-27(12-9-24)43(31,39)40/h5-13,19-22H,3-4,14-18H2,1-2H3,(H2,31,39,40)(H2,32,41,42)(H2,34,35,38)/b33-21+. The molecule has 1 aliphatic heterocycles. The third-order valence-electron chi connectivity index (χ3n) is 7.44. The molecule has 0 saturated carbocycles. The van der Waals surface area contributed by atoms with E-state index in [1.807, 2.05) is 17.1 Å². The Hall–Kier alpha value is -3.82. The highest BCUT2D eigenvalue weighted by atomic mass is 32.2. The molecule has 1 saturated heterocycles. The molecule has 3 aromatic rings. The number of carbonyl (C=O) groups excluding carboxylic acids is 1. The molecule has 1 unspecified atom stereocenters. The molecule has 4 rings (SSSR count). The zero-order valence-corrected chi connectivity index (χ0v) is 26.4. The Kier molecular flexibility index (Phi) is 10.8. The number of sulfonamides is 2. The minimum absolute atomic E-state index is 0.0558. The maximum Gasteiger partial charge on any atom is 0.323 e. The quantitative estimate of drug-likeness (QED) is 0.231. The first-order valence-corrected chi connectivity index (χ1v) is 17.4. The molecular formula is C30H39N7O5S2. The smallest absolute Gasteiger partial charge is 0.308 e. The molecule has 44 heavy (non-hydrogen) atoms. The van der Waals surface area contributed by atoms with Gasteiger partial charge in [0.25, 0.3) is 0 Å². The van der Waals surface area contributed by atoms with E-state index < -0.39 is 32.0 Å². The van der Waals surface area contributed by atoms with Gasteiger partial charge in [-0.25, -0.2) is 31.9 Å². The Morgan fingerprint density at radius 3 is 2.18 bits per heavy atom. The van der Waals surface area contributed by atoms with Gasteiger partial charge >= 0.3 is 6.03 Å². The number of carbonyl (C=O) groups is 1. The number of primary sulfonamides is 2. The highest BCUT2D eigenvalue weighted by Gasteiger charge is 2.21. The van der Waals surface area contributed by atoms with Crippen molar-refractivity contribution >= 4 is 43.7 Å². The van der Waals surface area contributed by atoms with Gasteiger partial charge in [0.05, 0.1) is 16.0 Å². The van der Waals surface area contributed by atoms with E-state index in [2.05, 4.69) is 27.6 Å². The molecule has 0 radical (unpaired) electrons. The molecule has 1 heterocycles. The van der Waals surface area contributed by atoms with Crippen LogP contribution in [0.4, 0.5) is 16.2 Å². The zero-order valence-electron chi connectivity index (χ0n) is 24.8. The summed E-state index contributed by atoms with van der Waals surface area (Å²) in [5.74, 6) is -0.463. The summed E-state index contributed by atoms with van der Waals surface area (Å²) >= 11 is 0. The van der Waals surface area contributed by atoms with Gasteiger partial charge in [-0.15, -0.1) is 0 Å². The zero-order chi connectivity index (χ0) is 31.9. The van der Waals surface area contributed by atoms with Crippen molar-refractivity contribution in [3.05, 3.63) is 83.4 Å². The van der Waals surface area contributed by atoms with Crippen molar-refractivity contribution in [2.45, 2.75) is 42.4 Å². The third kappa shape index (κ3) is 9.09. The Morgan fingerprint density at radius 1 is 0.909 bits per heavy atom. The first kappa shape index (κ1) is 33.1. The van der Waals surface area contributed by atoms with E-state index in [9.17, 15) is 21.6 Å². The van der Waals surface area contributed by atoms with Crippen LogP contribution in [0, 0.1) is 0 Å². The Morgan fingerprint density at radius 2 is 1.57 bits per heavy atom. The SMILES string of the molecule is CCCCN1CCN(/N=C/c2cccc(NC(=O)Nc3ccc(C(C)c4ccc(S(N)(=O)=O)cc4)c(S(N)(=O)=O)c3)c2)CC1. The summed E-state index contributed by atoms with van der Waals surface area (Å²) in [4.78, 5) is 15.0. The number of urea groups is 1. The first-order chi connectivity index (χ1) is 20.8. The van der Waals surface area contributed by atoms with E-state index in [0.29, 0.717) is 16.8 Å². The fourth-order valence-electron chi connectivity index (χ4n) is 4.94. The fraction of sp³-hybridized carbons (Fsp3) is 0.333. The largest absolute Gasteiger partial charge is 0.323 e. The number of unbranched alkanes of at least 4 members (excludes halogenated alkanes) is 1. The summed E-state index contributed by atoms with van der Waals surface area (Å²) in [6.07, 6.45) is 4.16. The number of benzene rings is 3. The van der Waals surface area contributed by atoms with Crippen LogP contribution in [0.3, 0.4) is 0 Å². The van der Waals surface area contributed by atoms with E-state index in [-0.39, 0.29) is 15.5 Å². The normalized spacial score (nSPS) is 15.3. The first-order valence-electron chi connectivity index (χ1n) is 14.3. The Labute approximate surface area is 259 Å². The number of anilines is 2. The second-order valence-electron chi connectivity index (χ2n) is 10.7. The molecule has 1 atom stereocenters. The Bertz CT molecular complexity index is 1700. The summed E-state index contributed by atoms with van der Waals surface area (Å²) in [6.45, 7) is 8.78. The molecule has 14 heteroatoms. The number of hydrogen-bond acceptors (Lipinski definition) is 8. The lowest BCUT2D eigenvalue weighted by Crippen LogP contribution is -2.44. The molecule has 0 bridgehead atoms. The molecule has 2 amide bonds. The number of nitrogens with zero attached hydrogens (tertiary/aromatic N) is 3. The molecule has 1 aliphatic rings. The van der Waals surface area contributed by atoms with Gasteiger partial charge in [-0.1, -0.05) is 50.6 Å². The van der Waals surface area contributed by atoms with Crippen molar-refractivity contribution < 1.29 is 21.6 Å². The second kappa shape index (κ2) is 14.3.